The predicted molar refractivity (Wildman–Crippen MR) is 81.7 cm³/mol. The summed E-state index contributed by atoms with van der Waals surface area (Å²) in [6.45, 7) is 0. The quantitative estimate of drug-likeness (QED) is 0.720. The third kappa shape index (κ3) is 2.39. The van der Waals surface area contributed by atoms with Crippen molar-refractivity contribution in [3.63, 3.8) is 0 Å². The first-order valence-corrected chi connectivity index (χ1v) is 6.92. The van der Waals surface area contributed by atoms with Crippen LogP contribution in [-0.4, -0.2) is 20.2 Å². The lowest BCUT2D eigenvalue weighted by molar-refractivity contribution is 0.791. The van der Waals surface area contributed by atoms with Crippen LogP contribution in [0, 0.1) is 0 Å². The Morgan fingerprint density at radius 1 is 1.10 bits per heavy atom. The van der Waals surface area contributed by atoms with Crippen LogP contribution < -0.4 is 5.73 Å². The van der Waals surface area contributed by atoms with Crippen molar-refractivity contribution in [3.8, 4) is 17.1 Å². The molecule has 0 saturated heterocycles. The number of nitrogens with zero attached hydrogens (tertiary/aromatic N) is 4. The van der Waals surface area contributed by atoms with E-state index in [4.69, 9.17) is 17.3 Å². The minimum absolute atomic E-state index is 0.546. The lowest BCUT2D eigenvalue weighted by Gasteiger charge is -2.07. The molecule has 0 aliphatic carbocycles. The van der Waals surface area contributed by atoms with Crippen molar-refractivity contribution in [3.05, 3.63) is 52.0 Å². The Bertz CT molecular complexity index is 754. The van der Waals surface area contributed by atoms with Gasteiger partial charge in [-0.1, -0.05) is 27.5 Å². The highest BCUT2D eigenvalue weighted by molar-refractivity contribution is 9.10. The largest absolute Gasteiger partial charge is 0.399 e. The van der Waals surface area contributed by atoms with Crippen molar-refractivity contribution in [2.45, 2.75) is 0 Å². The number of nitrogens with two attached hydrogens (primary N) is 1. The Labute approximate surface area is 128 Å². The maximum Gasteiger partial charge on any atom is 0.188 e. The van der Waals surface area contributed by atoms with Gasteiger partial charge in [0.1, 0.15) is 0 Å². The number of rotatable bonds is 2. The average Bonchev–Trinajstić information content (AvgIpc) is 2.91. The number of hydrogen-bond acceptors (Lipinski definition) is 4. The molecule has 0 spiro atoms. The molecule has 0 saturated carbocycles. The molecule has 0 aliphatic heterocycles. The fraction of sp³-hybridized carbons (Fsp3) is 0. The van der Waals surface area contributed by atoms with E-state index < -0.39 is 0 Å². The van der Waals surface area contributed by atoms with Crippen molar-refractivity contribution >= 4 is 33.2 Å². The molecule has 2 N–H and O–H groups in total. The van der Waals surface area contributed by atoms with Gasteiger partial charge in [-0.25, -0.2) is 0 Å². The molecule has 20 heavy (non-hydrogen) atoms. The van der Waals surface area contributed by atoms with Crippen LogP contribution in [0.25, 0.3) is 17.1 Å². The number of halogens is 2. The standard InChI is InChI=1S/C13H9BrClN5/c14-8-1-4-10(5-2-8)20-13(17-18-19-20)11-7-9(16)3-6-12(11)15/h1-7H,16H2. The van der Waals surface area contributed by atoms with Crippen LogP contribution in [-0.2, 0) is 0 Å². The highest BCUT2D eigenvalue weighted by atomic mass is 79.9. The van der Waals surface area contributed by atoms with E-state index in [-0.39, 0.29) is 0 Å². The molecule has 1 aromatic heterocycles. The van der Waals surface area contributed by atoms with Gasteiger partial charge in [0.05, 0.1) is 10.7 Å². The minimum Gasteiger partial charge on any atom is -0.399 e. The zero-order chi connectivity index (χ0) is 14.1. The number of aromatic nitrogens is 4. The van der Waals surface area contributed by atoms with Gasteiger partial charge in [0.25, 0.3) is 0 Å². The average molecular weight is 351 g/mol. The zero-order valence-electron chi connectivity index (χ0n) is 10.2. The van der Waals surface area contributed by atoms with Gasteiger partial charge in [-0.3, -0.25) is 0 Å². The van der Waals surface area contributed by atoms with Crippen LogP contribution in [0.2, 0.25) is 5.02 Å². The monoisotopic (exact) mass is 349 g/mol. The van der Waals surface area contributed by atoms with Crippen molar-refractivity contribution < 1.29 is 0 Å². The van der Waals surface area contributed by atoms with E-state index in [2.05, 4.69) is 31.5 Å². The second-order valence-electron chi connectivity index (χ2n) is 4.13. The predicted octanol–water partition coefficient (Wildman–Crippen LogP) is 3.33. The van der Waals surface area contributed by atoms with Gasteiger partial charge in [-0.05, 0) is 52.9 Å². The van der Waals surface area contributed by atoms with Gasteiger partial charge >= 0.3 is 0 Å². The van der Waals surface area contributed by atoms with Gasteiger partial charge in [0, 0.05) is 15.7 Å². The highest BCUT2D eigenvalue weighted by Gasteiger charge is 2.14. The van der Waals surface area contributed by atoms with E-state index in [1.54, 1.807) is 22.9 Å². The Hall–Kier alpha value is -1.92. The van der Waals surface area contributed by atoms with Gasteiger partial charge in [-0.2, -0.15) is 4.68 Å². The highest BCUT2D eigenvalue weighted by Crippen LogP contribution is 2.29. The molecule has 0 radical (unpaired) electrons. The van der Waals surface area contributed by atoms with Crippen LogP contribution in [0.5, 0.6) is 0 Å². The first-order valence-electron chi connectivity index (χ1n) is 5.75. The van der Waals surface area contributed by atoms with Gasteiger partial charge in [-0.15, -0.1) is 5.10 Å². The molecule has 0 fully saturated rings. The molecular weight excluding hydrogens is 342 g/mol. The molecule has 0 bridgehead atoms. The molecule has 0 atom stereocenters. The summed E-state index contributed by atoms with van der Waals surface area (Å²) in [6, 6.07) is 12.9. The maximum atomic E-state index is 6.20. The Morgan fingerprint density at radius 2 is 1.85 bits per heavy atom. The lowest BCUT2D eigenvalue weighted by Crippen LogP contribution is -2.00. The van der Waals surface area contributed by atoms with Crippen molar-refractivity contribution in [1.82, 2.24) is 20.2 Å². The second kappa shape index (κ2) is 5.22. The van der Waals surface area contributed by atoms with Crippen LogP contribution >= 0.6 is 27.5 Å². The number of hydrogen-bond donors (Lipinski definition) is 1. The van der Waals surface area contributed by atoms with E-state index in [9.17, 15) is 0 Å². The number of benzene rings is 2. The first kappa shape index (κ1) is 13.1. The molecule has 2 aromatic carbocycles. The third-order valence-corrected chi connectivity index (χ3v) is 3.63. The summed E-state index contributed by atoms with van der Waals surface area (Å²) in [7, 11) is 0. The van der Waals surface area contributed by atoms with E-state index in [1.165, 1.54) is 0 Å². The molecule has 0 amide bonds. The Kier molecular flexibility index (Phi) is 3.42. The van der Waals surface area contributed by atoms with E-state index in [0.717, 1.165) is 10.2 Å². The summed E-state index contributed by atoms with van der Waals surface area (Å²) in [6.07, 6.45) is 0. The second-order valence-corrected chi connectivity index (χ2v) is 5.45. The smallest absolute Gasteiger partial charge is 0.188 e. The van der Waals surface area contributed by atoms with E-state index in [1.807, 2.05) is 24.3 Å². The molecule has 7 heteroatoms. The third-order valence-electron chi connectivity index (χ3n) is 2.77. The van der Waals surface area contributed by atoms with E-state index in [0.29, 0.717) is 22.1 Å². The normalized spacial score (nSPS) is 10.7. The molecular formula is C13H9BrClN5. The van der Waals surface area contributed by atoms with Gasteiger partial charge < -0.3 is 5.73 Å². The summed E-state index contributed by atoms with van der Waals surface area (Å²) >= 11 is 9.60. The number of anilines is 1. The summed E-state index contributed by atoms with van der Waals surface area (Å²) in [4.78, 5) is 0. The molecule has 3 aromatic rings. The maximum absolute atomic E-state index is 6.20. The fourth-order valence-electron chi connectivity index (χ4n) is 1.83. The molecule has 3 rings (SSSR count). The molecule has 0 aliphatic rings. The van der Waals surface area contributed by atoms with Crippen molar-refractivity contribution in [1.29, 1.82) is 0 Å². The van der Waals surface area contributed by atoms with Crippen molar-refractivity contribution in [2.24, 2.45) is 0 Å². The Balaban J connectivity index is 2.15. The first-order chi connectivity index (χ1) is 9.65. The van der Waals surface area contributed by atoms with Crippen LogP contribution in [0.3, 0.4) is 0 Å². The summed E-state index contributed by atoms with van der Waals surface area (Å²) in [5, 5.41) is 12.3. The minimum atomic E-state index is 0.546. The SMILES string of the molecule is Nc1ccc(Cl)c(-c2nnnn2-c2ccc(Br)cc2)c1. The number of tetrazole rings is 1. The fourth-order valence-corrected chi connectivity index (χ4v) is 2.29. The van der Waals surface area contributed by atoms with Crippen LogP contribution in [0.1, 0.15) is 0 Å². The number of nitrogen functional groups attached to an aromatic ring is 1. The van der Waals surface area contributed by atoms with Gasteiger partial charge in [0.15, 0.2) is 5.82 Å². The topological polar surface area (TPSA) is 69.6 Å². The Morgan fingerprint density at radius 3 is 2.60 bits per heavy atom. The van der Waals surface area contributed by atoms with Crippen LogP contribution in [0.4, 0.5) is 5.69 Å². The molecule has 1 heterocycles. The lowest BCUT2D eigenvalue weighted by atomic mass is 10.2. The summed E-state index contributed by atoms with van der Waals surface area (Å²) in [5.41, 5.74) is 7.94. The van der Waals surface area contributed by atoms with Crippen LogP contribution in [0.15, 0.2) is 46.9 Å². The molecule has 0 unspecified atom stereocenters. The molecule has 5 nitrogen and oxygen atoms in total. The van der Waals surface area contributed by atoms with E-state index >= 15 is 0 Å². The summed E-state index contributed by atoms with van der Waals surface area (Å²) < 4.78 is 2.60. The summed E-state index contributed by atoms with van der Waals surface area (Å²) in [5.74, 6) is 0.546. The molecule has 100 valence electrons. The van der Waals surface area contributed by atoms with Gasteiger partial charge in [0.2, 0.25) is 0 Å². The zero-order valence-corrected chi connectivity index (χ0v) is 12.5. The van der Waals surface area contributed by atoms with Crippen molar-refractivity contribution in [2.75, 3.05) is 5.73 Å².